The zero-order chi connectivity index (χ0) is 47.1. The van der Waals surface area contributed by atoms with Gasteiger partial charge in [-0.25, -0.2) is 42.0 Å². The Morgan fingerprint density at radius 1 is 0.459 bits per heavy atom. The Morgan fingerprint density at radius 3 is 1.15 bits per heavy atom. The molecule has 2 unspecified atom stereocenters. The first-order chi connectivity index (χ1) is 28.1. The van der Waals surface area contributed by atoms with Gasteiger partial charge in [0, 0.05) is 13.2 Å². The largest absolute Gasteiger partial charge is 0.501 e. The standard InChI is InChI=1S/C41H89N15P5/c1-25-39(41-29-27-26-28-30-41)35-37(2)40-33-31-38(32-34-40)36-56(23)61(54(19)20,55(21)22)45-58(42-57(24,46(3)4)47(5)6,43-59(48(7)8,49(9)10)50(11)12)44-60(51(13)14,52(15)16)53(17)18/h26-34,37,39H,25,35-36H2,1-24H3/q+1. The van der Waals surface area contributed by atoms with Gasteiger partial charge in [0.2, 0.25) is 22.5 Å². The van der Waals surface area contributed by atoms with Crippen LogP contribution in [0.2, 0.25) is 0 Å². The van der Waals surface area contributed by atoms with E-state index in [1.165, 1.54) is 16.7 Å². The van der Waals surface area contributed by atoms with Crippen LogP contribution in [-0.2, 0) is 6.54 Å². The Morgan fingerprint density at radius 2 is 0.820 bits per heavy atom. The van der Waals surface area contributed by atoms with Gasteiger partial charge in [-0.05, 0) is 207 Å². The minimum atomic E-state index is -3.50. The third-order valence-electron chi connectivity index (χ3n) is 11.6. The van der Waals surface area contributed by atoms with Crippen molar-refractivity contribution in [2.75, 3.05) is 155 Å². The molecule has 0 radical (unpaired) electrons. The molecule has 0 saturated heterocycles. The lowest BCUT2D eigenvalue weighted by atomic mass is 9.84. The number of hydrogen-bond donors (Lipinski definition) is 0. The van der Waals surface area contributed by atoms with Crippen LogP contribution in [0.5, 0.6) is 0 Å². The molecule has 15 nitrogen and oxygen atoms in total. The summed E-state index contributed by atoms with van der Waals surface area (Å²) in [5, 5.41) is 0. The number of nitrogens with zero attached hydrogens (tertiary/aromatic N) is 15. The van der Waals surface area contributed by atoms with Gasteiger partial charge in [-0.1, -0.05) is 68.4 Å². The molecule has 352 valence electrons. The van der Waals surface area contributed by atoms with Crippen molar-refractivity contribution < 1.29 is 0 Å². The van der Waals surface area contributed by atoms with Crippen LogP contribution in [-0.4, -0.2) is 206 Å². The maximum absolute atomic E-state index is 6.33. The predicted molar refractivity (Wildman–Crippen MR) is 278 cm³/mol. The van der Waals surface area contributed by atoms with Crippen molar-refractivity contribution in [3.63, 3.8) is 0 Å². The van der Waals surface area contributed by atoms with E-state index in [-0.39, 0.29) is 0 Å². The molecular formula is C41H89N15P5+. The Labute approximate surface area is 376 Å². The summed E-state index contributed by atoms with van der Waals surface area (Å²) in [5.41, 5.74) is 4.03. The summed E-state index contributed by atoms with van der Waals surface area (Å²) in [6.07, 6.45) is 2.24. The Balaban J connectivity index is 3.28. The van der Waals surface area contributed by atoms with Crippen molar-refractivity contribution >= 4 is 37.7 Å². The second-order valence-electron chi connectivity index (χ2n) is 18.1. The predicted octanol–water partition coefficient (Wildman–Crippen LogP) is 10.6. The van der Waals surface area contributed by atoms with Crippen LogP contribution < -0.4 is 0 Å². The summed E-state index contributed by atoms with van der Waals surface area (Å²) in [7, 11) is 30.9. The molecule has 0 aromatic heterocycles. The molecule has 2 aromatic carbocycles. The summed E-state index contributed by atoms with van der Waals surface area (Å²) in [6, 6.07) is 20.3. The van der Waals surface area contributed by atoms with Crippen LogP contribution in [0.25, 0.3) is 0 Å². The van der Waals surface area contributed by atoms with Gasteiger partial charge >= 0.3 is 7.87 Å². The molecule has 0 aliphatic heterocycles. The molecule has 61 heavy (non-hydrogen) atoms. The third-order valence-corrected chi connectivity index (χ3v) is 32.4. The maximum Gasteiger partial charge on any atom is 0.501 e. The number of benzene rings is 2. The van der Waals surface area contributed by atoms with E-state index in [9.17, 15) is 0 Å². The van der Waals surface area contributed by atoms with E-state index in [1.54, 1.807) is 0 Å². The first-order valence-corrected chi connectivity index (χ1v) is 29.6. The van der Waals surface area contributed by atoms with Crippen molar-refractivity contribution in [2.24, 2.45) is 18.1 Å². The molecular weight excluding hydrogens is 857 g/mol. The number of rotatable bonds is 22. The quantitative estimate of drug-likeness (QED) is 0.106. The Bertz CT molecular complexity index is 1770. The van der Waals surface area contributed by atoms with E-state index in [0.29, 0.717) is 18.4 Å². The smallest absolute Gasteiger partial charge is 0.261 e. The first kappa shape index (κ1) is 56.5. The molecule has 2 aromatic rings. The highest BCUT2D eigenvalue weighted by molar-refractivity contribution is 7.88. The molecule has 0 heterocycles. The summed E-state index contributed by atoms with van der Waals surface area (Å²) >= 11 is 0. The van der Waals surface area contributed by atoms with Gasteiger partial charge in [0.25, 0.3) is 0 Å². The monoisotopic (exact) mass is 947 g/mol. The van der Waals surface area contributed by atoms with Crippen LogP contribution in [0, 0.1) is 0 Å². The zero-order valence-corrected chi connectivity index (χ0v) is 47.4. The molecule has 0 amide bonds. The fourth-order valence-corrected chi connectivity index (χ4v) is 31.0. The second-order valence-corrected chi connectivity index (χ2v) is 35.6. The molecule has 0 aliphatic rings. The van der Waals surface area contributed by atoms with Crippen molar-refractivity contribution in [2.45, 2.75) is 45.1 Å². The van der Waals surface area contributed by atoms with E-state index in [0.717, 1.165) is 12.8 Å². The van der Waals surface area contributed by atoms with Gasteiger partial charge in [0.05, 0.1) is 0 Å². The van der Waals surface area contributed by atoms with E-state index < -0.39 is 37.7 Å². The lowest BCUT2D eigenvalue weighted by molar-refractivity contribution is 0.427. The summed E-state index contributed by atoms with van der Waals surface area (Å²) < 4.78 is 50.1. The van der Waals surface area contributed by atoms with E-state index in [4.69, 9.17) is 18.1 Å². The van der Waals surface area contributed by atoms with Crippen LogP contribution in [0.1, 0.15) is 55.2 Å². The van der Waals surface area contributed by atoms with Crippen molar-refractivity contribution in [3.05, 3.63) is 71.3 Å². The van der Waals surface area contributed by atoms with E-state index >= 15 is 0 Å². The van der Waals surface area contributed by atoms with Crippen molar-refractivity contribution in [3.8, 4) is 0 Å². The van der Waals surface area contributed by atoms with Crippen LogP contribution in [0.3, 0.4) is 0 Å². The number of hydrogen-bond acceptors (Lipinski definition) is 4. The molecule has 0 aliphatic carbocycles. The highest BCUT2D eigenvalue weighted by Crippen LogP contribution is 2.86. The minimum absolute atomic E-state index is 0.436. The average molecular weight is 947 g/mol. The highest BCUT2D eigenvalue weighted by atomic mass is 31.3. The zero-order valence-electron chi connectivity index (χ0n) is 42.9. The SMILES string of the molecule is CCC(CC(C)c1ccc(CN(C)P(=N[P+](N=P(C)(N(C)C)N(C)C)(N=P(N(C)C)(N(C)C)N(C)C)N=P(N(C)C)(N(C)C)N(C)C)(N(C)C)N(C)C)cc1)c1ccccc1. The fourth-order valence-electron chi connectivity index (χ4n) is 8.30. The lowest BCUT2D eigenvalue weighted by Crippen LogP contribution is -2.33. The van der Waals surface area contributed by atoms with Crippen LogP contribution >= 0.6 is 37.7 Å². The fraction of sp³-hybridized carbons (Fsp3) is 0.707. The summed E-state index contributed by atoms with van der Waals surface area (Å²) in [5.74, 6) is 0.969. The molecule has 0 fully saturated rings. The Hall–Kier alpha value is -0.650. The maximum atomic E-state index is 6.33. The summed E-state index contributed by atoms with van der Waals surface area (Å²) in [4.78, 5) is 0. The van der Waals surface area contributed by atoms with Gasteiger partial charge in [-0.15, -0.1) is 0 Å². The molecule has 0 spiro atoms. The normalized spacial score (nSPS) is 14.9. The highest BCUT2D eigenvalue weighted by Gasteiger charge is 2.56. The van der Waals surface area contributed by atoms with Gasteiger partial charge in [0.1, 0.15) is 7.36 Å². The van der Waals surface area contributed by atoms with E-state index in [2.05, 4.69) is 274 Å². The Kier molecular flexibility index (Phi) is 21.5. The van der Waals surface area contributed by atoms with Crippen LogP contribution in [0.15, 0.2) is 72.7 Å². The lowest BCUT2D eigenvalue weighted by Gasteiger charge is -2.44. The van der Waals surface area contributed by atoms with Crippen molar-refractivity contribution in [1.82, 2.24) is 51.4 Å². The summed E-state index contributed by atoms with van der Waals surface area (Å²) in [6.45, 7) is 7.63. The second kappa shape index (κ2) is 23.2. The molecule has 2 rings (SSSR count). The topological polar surface area (TPSA) is 85.1 Å². The molecule has 0 saturated carbocycles. The van der Waals surface area contributed by atoms with Gasteiger partial charge in [-0.2, -0.15) is 0 Å². The van der Waals surface area contributed by atoms with Gasteiger partial charge < -0.3 is 0 Å². The first-order valence-electron chi connectivity index (χ1n) is 21.1. The van der Waals surface area contributed by atoms with Crippen LogP contribution in [0.4, 0.5) is 0 Å². The van der Waals surface area contributed by atoms with E-state index in [1.807, 2.05) is 0 Å². The third kappa shape index (κ3) is 12.4. The minimum Gasteiger partial charge on any atom is -0.261 e. The molecule has 0 bridgehead atoms. The molecule has 2 atom stereocenters. The van der Waals surface area contributed by atoms with Crippen molar-refractivity contribution in [1.29, 1.82) is 0 Å². The van der Waals surface area contributed by atoms with Gasteiger partial charge in [0.15, 0.2) is 0 Å². The molecule has 20 heteroatoms. The van der Waals surface area contributed by atoms with Gasteiger partial charge in [-0.3, -0.25) is 9.34 Å². The average Bonchev–Trinajstić information content (AvgIpc) is 3.16. The molecule has 0 N–H and O–H groups in total.